The lowest BCUT2D eigenvalue weighted by molar-refractivity contribution is -0.237. The number of rotatable bonds is 13. The highest BCUT2D eigenvalue weighted by atomic mass is 32.2. The van der Waals surface area contributed by atoms with Gasteiger partial charge in [0.15, 0.2) is 18.3 Å². The molecule has 0 aromatic carbocycles. The highest BCUT2D eigenvalue weighted by Crippen LogP contribution is 2.34. The summed E-state index contributed by atoms with van der Waals surface area (Å²) < 4.78 is 63.5. The van der Waals surface area contributed by atoms with Crippen molar-refractivity contribution in [1.29, 1.82) is 0 Å². The number of amides is 1. The topological polar surface area (TPSA) is 144 Å². The molecule has 0 aliphatic carbocycles. The van der Waals surface area contributed by atoms with Gasteiger partial charge >= 0.3 is 36.0 Å². The fourth-order valence-electron chi connectivity index (χ4n) is 3.41. The molecule has 212 valence electrons. The van der Waals surface area contributed by atoms with E-state index in [2.05, 4.69) is 0 Å². The van der Waals surface area contributed by atoms with Crippen molar-refractivity contribution in [3.05, 3.63) is 0 Å². The number of unbranched alkanes of at least 4 members (excludes halogenated alkanes) is 3. The van der Waals surface area contributed by atoms with Crippen molar-refractivity contribution in [2.75, 3.05) is 18.9 Å². The Balaban J connectivity index is 2.82. The van der Waals surface area contributed by atoms with Gasteiger partial charge < -0.3 is 29.0 Å². The molecule has 0 aromatic heterocycles. The van der Waals surface area contributed by atoms with Gasteiger partial charge in [-0.3, -0.25) is 24.0 Å². The molecule has 1 saturated heterocycles. The van der Waals surface area contributed by atoms with Gasteiger partial charge in [-0.1, -0.05) is 12.8 Å². The number of carbonyl (C=O) groups is 5. The summed E-state index contributed by atoms with van der Waals surface area (Å²) in [6, 6.07) is 0. The fraction of sp³-hybridized carbons (Fsp3) is 0.773. The summed E-state index contributed by atoms with van der Waals surface area (Å²) in [6.07, 6.45) is -7.43. The second-order valence-corrected chi connectivity index (χ2v) is 9.31. The fourth-order valence-corrected chi connectivity index (χ4v) is 4.63. The van der Waals surface area contributed by atoms with E-state index in [0.717, 1.165) is 20.8 Å². The Hall–Kier alpha value is -2.55. The van der Waals surface area contributed by atoms with Crippen LogP contribution in [0.5, 0.6) is 0 Å². The maximum Gasteiger partial charge on any atom is 0.471 e. The van der Waals surface area contributed by atoms with Gasteiger partial charge in [0.1, 0.15) is 18.1 Å². The first-order valence-corrected chi connectivity index (χ1v) is 12.5. The zero-order valence-electron chi connectivity index (χ0n) is 21.0. The molecule has 15 heteroatoms. The Labute approximate surface area is 216 Å². The van der Waals surface area contributed by atoms with E-state index in [4.69, 9.17) is 23.7 Å². The van der Waals surface area contributed by atoms with Crippen molar-refractivity contribution in [3.8, 4) is 0 Å². The van der Waals surface area contributed by atoms with E-state index in [1.165, 1.54) is 18.7 Å². The largest absolute Gasteiger partial charge is 0.471 e. The number of alkyl halides is 3. The number of hydrogen-bond donors (Lipinski definition) is 1. The lowest BCUT2D eigenvalue weighted by Crippen LogP contribution is -2.61. The average molecular weight is 560 g/mol. The van der Waals surface area contributed by atoms with Crippen molar-refractivity contribution < 1.29 is 60.8 Å². The van der Waals surface area contributed by atoms with Gasteiger partial charge in [-0.2, -0.15) is 13.2 Å². The van der Waals surface area contributed by atoms with E-state index in [-0.39, 0.29) is 13.2 Å². The first-order valence-electron chi connectivity index (χ1n) is 11.5. The third kappa shape index (κ3) is 12.5. The van der Waals surface area contributed by atoms with Gasteiger partial charge in [-0.15, -0.1) is 11.8 Å². The van der Waals surface area contributed by atoms with Crippen molar-refractivity contribution in [2.24, 2.45) is 0 Å². The van der Waals surface area contributed by atoms with E-state index in [0.29, 0.717) is 31.4 Å². The number of halogens is 3. The first kappa shape index (κ1) is 32.5. The first-order chi connectivity index (χ1) is 17.2. The van der Waals surface area contributed by atoms with Crippen LogP contribution in [0, 0.1) is 0 Å². The third-order valence-corrected chi connectivity index (χ3v) is 6.08. The van der Waals surface area contributed by atoms with E-state index < -0.39 is 65.8 Å². The molecule has 0 unspecified atom stereocenters. The van der Waals surface area contributed by atoms with Crippen LogP contribution in [0.3, 0.4) is 0 Å². The van der Waals surface area contributed by atoms with Gasteiger partial charge in [-0.25, -0.2) is 0 Å². The normalized spacial score (nSPS) is 23.5. The smallest absolute Gasteiger partial charge is 0.463 e. The van der Waals surface area contributed by atoms with E-state index in [1.807, 2.05) is 0 Å². The van der Waals surface area contributed by atoms with Gasteiger partial charge in [0, 0.05) is 34.2 Å². The SMILES string of the molecule is CC(=O)OC[C@H]1O[C@@H](SCCCCCCNC(=O)C(F)(F)F)[C@H](OC(C)=O)[C@@H](OC(C)=O)[C@H]1OC(C)=O. The van der Waals surface area contributed by atoms with Crippen LogP contribution >= 0.6 is 11.8 Å². The summed E-state index contributed by atoms with van der Waals surface area (Å²) in [7, 11) is 0. The number of ether oxygens (including phenoxy) is 5. The van der Waals surface area contributed by atoms with Crippen LogP contribution in [0.4, 0.5) is 13.2 Å². The number of thioether (sulfide) groups is 1. The Morgan fingerprint density at radius 3 is 1.86 bits per heavy atom. The lowest BCUT2D eigenvalue weighted by Gasteiger charge is -2.44. The molecular formula is C22H32F3NO10S. The summed E-state index contributed by atoms with van der Waals surface area (Å²) >= 11 is 1.22. The molecule has 11 nitrogen and oxygen atoms in total. The second kappa shape index (κ2) is 15.6. The summed E-state index contributed by atoms with van der Waals surface area (Å²) in [4.78, 5) is 57.5. The van der Waals surface area contributed by atoms with E-state index in [1.54, 1.807) is 5.32 Å². The Morgan fingerprint density at radius 2 is 1.32 bits per heavy atom. The minimum Gasteiger partial charge on any atom is -0.463 e. The van der Waals surface area contributed by atoms with Crippen molar-refractivity contribution in [2.45, 2.75) is 89.4 Å². The van der Waals surface area contributed by atoms with Gasteiger partial charge in [0.05, 0.1) is 0 Å². The lowest BCUT2D eigenvalue weighted by atomic mass is 9.99. The molecule has 1 rings (SSSR count). The number of hydrogen-bond acceptors (Lipinski definition) is 11. The molecule has 1 fully saturated rings. The van der Waals surface area contributed by atoms with Crippen LogP contribution in [-0.4, -0.2) is 84.7 Å². The molecular weight excluding hydrogens is 527 g/mol. The van der Waals surface area contributed by atoms with Gasteiger partial charge in [0.2, 0.25) is 0 Å². The van der Waals surface area contributed by atoms with Crippen LogP contribution in [0.25, 0.3) is 0 Å². The molecule has 0 radical (unpaired) electrons. The molecule has 0 saturated carbocycles. The monoisotopic (exact) mass is 559 g/mol. The standard InChI is InChI=1S/C22H32F3NO10S/c1-12(27)32-11-16-17(33-13(2)28)18(34-14(3)29)19(35-15(4)30)20(36-16)37-10-8-6-5-7-9-26-21(31)22(23,24)25/h16-20H,5-11H2,1-4H3,(H,26,31)/t16-,17+,18+,19-,20+/m1/s1. The minimum atomic E-state index is -4.92. The zero-order chi connectivity index (χ0) is 28.2. The van der Waals surface area contributed by atoms with Crippen LogP contribution < -0.4 is 5.32 Å². The summed E-state index contributed by atoms with van der Waals surface area (Å²) in [5.41, 5.74) is -0.883. The van der Waals surface area contributed by atoms with Crippen LogP contribution in [-0.2, 0) is 47.7 Å². The maximum atomic E-state index is 12.2. The summed E-state index contributed by atoms with van der Waals surface area (Å²) in [5, 5.41) is 1.80. The number of carbonyl (C=O) groups excluding carboxylic acids is 5. The molecule has 1 amide bonds. The van der Waals surface area contributed by atoms with Crippen molar-refractivity contribution in [1.82, 2.24) is 5.32 Å². The number of esters is 4. The molecule has 1 N–H and O–H groups in total. The average Bonchev–Trinajstić information content (AvgIpc) is 2.76. The maximum absolute atomic E-state index is 12.2. The molecule has 1 aliphatic rings. The molecule has 0 bridgehead atoms. The predicted molar refractivity (Wildman–Crippen MR) is 122 cm³/mol. The Kier molecular flexibility index (Phi) is 13.7. The van der Waals surface area contributed by atoms with Gasteiger partial charge in [0.25, 0.3) is 0 Å². The summed E-state index contributed by atoms with van der Waals surface area (Å²) in [6.45, 7) is 4.16. The van der Waals surface area contributed by atoms with Crippen LogP contribution in [0.15, 0.2) is 0 Å². The van der Waals surface area contributed by atoms with Crippen LogP contribution in [0.1, 0.15) is 53.4 Å². The molecule has 37 heavy (non-hydrogen) atoms. The Bertz CT molecular complexity index is 810. The number of nitrogens with one attached hydrogen (secondary N) is 1. The van der Waals surface area contributed by atoms with Crippen LogP contribution in [0.2, 0.25) is 0 Å². The molecule has 1 heterocycles. The zero-order valence-corrected chi connectivity index (χ0v) is 21.8. The minimum absolute atomic E-state index is 0.106. The molecule has 0 spiro atoms. The molecule has 5 atom stereocenters. The predicted octanol–water partition coefficient (Wildman–Crippen LogP) is 2.04. The second-order valence-electron chi connectivity index (χ2n) is 8.11. The molecule has 0 aromatic rings. The molecule has 1 aliphatic heterocycles. The Morgan fingerprint density at radius 1 is 0.784 bits per heavy atom. The van der Waals surface area contributed by atoms with Crippen molar-refractivity contribution >= 4 is 41.5 Å². The highest BCUT2D eigenvalue weighted by Gasteiger charge is 2.52. The van der Waals surface area contributed by atoms with E-state index in [9.17, 15) is 37.1 Å². The third-order valence-electron chi connectivity index (χ3n) is 4.84. The van der Waals surface area contributed by atoms with E-state index >= 15 is 0 Å². The van der Waals surface area contributed by atoms with Crippen molar-refractivity contribution in [3.63, 3.8) is 0 Å². The quantitative estimate of drug-likeness (QED) is 0.201. The summed E-state index contributed by atoms with van der Waals surface area (Å²) in [5.74, 6) is -4.29. The van der Waals surface area contributed by atoms with Gasteiger partial charge in [-0.05, 0) is 18.6 Å². The highest BCUT2D eigenvalue weighted by molar-refractivity contribution is 7.99.